The first-order valence-corrected chi connectivity index (χ1v) is 9.32. The Balaban J connectivity index is 2.02. The van der Waals surface area contributed by atoms with E-state index in [4.69, 9.17) is 4.98 Å². The van der Waals surface area contributed by atoms with Crippen molar-refractivity contribution in [2.45, 2.75) is 39.5 Å². The Bertz CT molecular complexity index is 487. The highest BCUT2D eigenvalue weighted by Gasteiger charge is 2.10. The zero-order valence-corrected chi connectivity index (χ0v) is 13.4. The molecule has 2 aromatic rings. The number of hydrogen-bond acceptors (Lipinski definition) is 1. The first-order chi connectivity index (χ1) is 9.83. The highest BCUT2D eigenvalue weighted by atomic mass is 31.1. The molecule has 0 bridgehead atoms. The summed E-state index contributed by atoms with van der Waals surface area (Å²) in [6, 6.07) is 10.6. The Morgan fingerprint density at radius 2 is 1.80 bits per heavy atom. The van der Waals surface area contributed by atoms with Crippen LogP contribution in [0.5, 0.6) is 0 Å². The second kappa shape index (κ2) is 8.21. The lowest BCUT2D eigenvalue weighted by Crippen LogP contribution is -2.12. The van der Waals surface area contributed by atoms with E-state index in [0.717, 1.165) is 12.8 Å². The number of aryl methyl sites for hydroxylation is 2. The molecule has 0 atom stereocenters. The van der Waals surface area contributed by atoms with Crippen LogP contribution in [0.15, 0.2) is 36.5 Å². The molecule has 0 saturated carbocycles. The van der Waals surface area contributed by atoms with Crippen molar-refractivity contribution in [3.63, 3.8) is 0 Å². The number of pyridine rings is 1. The van der Waals surface area contributed by atoms with E-state index in [1.165, 1.54) is 42.0 Å². The Kier molecular flexibility index (Phi) is 6.26. The molecule has 0 radical (unpaired) electrons. The van der Waals surface area contributed by atoms with Crippen molar-refractivity contribution in [3.05, 3.63) is 47.9 Å². The minimum atomic E-state index is -0.0546. The highest BCUT2D eigenvalue weighted by molar-refractivity contribution is 7.65. The van der Waals surface area contributed by atoms with E-state index in [1.807, 2.05) is 12.3 Å². The van der Waals surface area contributed by atoms with Crippen LogP contribution in [-0.2, 0) is 12.8 Å². The maximum absolute atomic E-state index is 4.91. The molecule has 0 saturated heterocycles. The molecule has 0 aliphatic heterocycles. The SMILES string of the molecule is CCCP(CCC)c1cccc(CCc2ccc[n-]2)n1. The van der Waals surface area contributed by atoms with Gasteiger partial charge in [0.15, 0.2) is 0 Å². The van der Waals surface area contributed by atoms with Gasteiger partial charge in [0.05, 0.1) is 5.44 Å². The van der Waals surface area contributed by atoms with Gasteiger partial charge in [-0.2, -0.15) is 11.9 Å². The van der Waals surface area contributed by atoms with Crippen molar-refractivity contribution >= 4 is 13.4 Å². The van der Waals surface area contributed by atoms with E-state index in [9.17, 15) is 0 Å². The molecular weight excluding hydrogens is 263 g/mol. The molecule has 20 heavy (non-hydrogen) atoms. The zero-order valence-electron chi connectivity index (χ0n) is 12.5. The average Bonchev–Trinajstić information content (AvgIpc) is 2.98. The molecule has 0 aliphatic carbocycles. The fourth-order valence-corrected chi connectivity index (χ4v) is 4.73. The van der Waals surface area contributed by atoms with Gasteiger partial charge in [0.1, 0.15) is 0 Å². The molecule has 2 heterocycles. The van der Waals surface area contributed by atoms with Crippen molar-refractivity contribution in [1.29, 1.82) is 0 Å². The Hall–Kier alpha value is -1.14. The maximum Gasteiger partial charge on any atom is 0.0634 e. The molecule has 0 spiro atoms. The summed E-state index contributed by atoms with van der Waals surface area (Å²) in [5.41, 5.74) is 3.73. The van der Waals surface area contributed by atoms with Crippen LogP contribution in [0.1, 0.15) is 38.1 Å². The van der Waals surface area contributed by atoms with Gasteiger partial charge in [0, 0.05) is 5.69 Å². The molecule has 0 fully saturated rings. The van der Waals surface area contributed by atoms with Gasteiger partial charge in [-0.05, 0) is 37.3 Å². The van der Waals surface area contributed by atoms with E-state index in [2.05, 4.69) is 43.1 Å². The largest absolute Gasteiger partial charge is 0.668 e. The van der Waals surface area contributed by atoms with Crippen LogP contribution in [0.2, 0.25) is 0 Å². The Morgan fingerprint density at radius 3 is 2.45 bits per heavy atom. The molecule has 0 aromatic carbocycles. The lowest BCUT2D eigenvalue weighted by Gasteiger charge is -2.16. The van der Waals surface area contributed by atoms with Gasteiger partial charge in [0.25, 0.3) is 0 Å². The summed E-state index contributed by atoms with van der Waals surface area (Å²) in [6.45, 7) is 4.55. The van der Waals surface area contributed by atoms with Gasteiger partial charge in [-0.1, -0.05) is 52.8 Å². The normalized spacial score (nSPS) is 11.2. The van der Waals surface area contributed by atoms with Crippen LogP contribution in [0.3, 0.4) is 0 Å². The fourth-order valence-electron chi connectivity index (χ4n) is 2.40. The predicted octanol–water partition coefficient (Wildman–Crippen LogP) is 3.75. The molecule has 3 heteroatoms. The second-order valence-corrected chi connectivity index (χ2v) is 7.54. The van der Waals surface area contributed by atoms with Crippen LogP contribution in [0.25, 0.3) is 0 Å². The summed E-state index contributed by atoms with van der Waals surface area (Å²) < 4.78 is 0. The molecule has 2 nitrogen and oxygen atoms in total. The predicted molar refractivity (Wildman–Crippen MR) is 88.3 cm³/mol. The van der Waals surface area contributed by atoms with Crippen molar-refractivity contribution in [2.75, 3.05) is 12.3 Å². The molecule has 2 aromatic heterocycles. The van der Waals surface area contributed by atoms with E-state index in [1.54, 1.807) is 0 Å². The van der Waals surface area contributed by atoms with E-state index in [0.29, 0.717) is 0 Å². The summed E-state index contributed by atoms with van der Waals surface area (Å²) in [5, 5.41) is 0. The Morgan fingerprint density at radius 1 is 1.00 bits per heavy atom. The van der Waals surface area contributed by atoms with E-state index < -0.39 is 0 Å². The van der Waals surface area contributed by atoms with Crippen LogP contribution >= 0.6 is 7.92 Å². The van der Waals surface area contributed by atoms with Gasteiger partial charge in [-0.25, -0.2) is 0 Å². The Labute approximate surface area is 123 Å². The highest BCUT2D eigenvalue weighted by Crippen LogP contribution is 2.34. The van der Waals surface area contributed by atoms with Crippen LogP contribution in [0, 0.1) is 0 Å². The zero-order chi connectivity index (χ0) is 14.2. The number of rotatable bonds is 8. The molecule has 0 N–H and O–H groups in total. The number of aromatic nitrogens is 2. The topological polar surface area (TPSA) is 27.0 Å². The third-order valence-electron chi connectivity index (χ3n) is 3.36. The minimum absolute atomic E-state index is 0.0546. The summed E-state index contributed by atoms with van der Waals surface area (Å²) in [4.78, 5) is 9.23. The van der Waals surface area contributed by atoms with Crippen LogP contribution < -0.4 is 10.4 Å². The summed E-state index contributed by atoms with van der Waals surface area (Å²) in [6.07, 6.45) is 8.98. The molecule has 108 valence electrons. The monoisotopic (exact) mass is 287 g/mol. The van der Waals surface area contributed by atoms with Crippen LogP contribution in [0.4, 0.5) is 0 Å². The van der Waals surface area contributed by atoms with E-state index >= 15 is 0 Å². The number of hydrogen-bond donors (Lipinski definition) is 0. The minimum Gasteiger partial charge on any atom is -0.668 e. The van der Waals surface area contributed by atoms with Gasteiger partial charge in [0.2, 0.25) is 0 Å². The average molecular weight is 287 g/mol. The third-order valence-corrected chi connectivity index (χ3v) is 6.23. The first kappa shape index (κ1) is 15.3. The lowest BCUT2D eigenvalue weighted by atomic mass is 10.2. The quantitative estimate of drug-likeness (QED) is 0.691. The standard InChI is InChI=1S/C17H24N2P/c1-3-13-20(14-4-2)17-9-5-7-16(19-17)11-10-15-8-6-12-18-15/h5-9,12H,3-4,10-11,13-14H2,1-2H3/q-1. The van der Waals surface area contributed by atoms with Crippen molar-refractivity contribution in [1.82, 2.24) is 9.97 Å². The third kappa shape index (κ3) is 4.45. The number of nitrogens with zero attached hydrogens (tertiary/aromatic N) is 2. The molecular formula is C17H24N2P-. The smallest absolute Gasteiger partial charge is 0.0634 e. The van der Waals surface area contributed by atoms with Gasteiger partial charge >= 0.3 is 0 Å². The van der Waals surface area contributed by atoms with E-state index in [-0.39, 0.29) is 7.92 Å². The summed E-state index contributed by atoms with van der Waals surface area (Å²) in [5.74, 6) is 0. The summed E-state index contributed by atoms with van der Waals surface area (Å²) in [7, 11) is -0.0546. The van der Waals surface area contributed by atoms with Crippen LogP contribution in [-0.4, -0.2) is 17.3 Å². The molecule has 0 aliphatic rings. The molecule has 2 rings (SSSR count). The summed E-state index contributed by atoms with van der Waals surface area (Å²) >= 11 is 0. The second-order valence-electron chi connectivity index (χ2n) is 5.10. The van der Waals surface area contributed by atoms with Crippen molar-refractivity contribution in [3.8, 4) is 0 Å². The van der Waals surface area contributed by atoms with Gasteiger partial charge in [-0.15, -0.1) is 0 Å². The fraction of sp³-hybridized carbons (Fsp3) is 0.471. The van der Waals surface area contributed by atoms with Crippen molar-refractivity contribution < 1.29 is 0 Å². The van der Waals surface area contributed by atoms with Gasteiger partial charge in [-0.3, -0.25) is 4.98 Å². The van der Waals surface area contributed by atoms with Gasteiger partial charge < -0.3 is 4.98 Å². The molecule has 0 amide bonds. The lowest BCUT2D eigenvalue weighted by molar-refractivity contribution is 0.888. The molecule has 0 unspecified atom stereocenters. The first-order valence-electron chi connectivity index (χ1n) is 7.61. The maximum atomic E-state index is 4.91. The van der Waals surface area contributed by atoms with Crippen molar-refractivity contribution in [2.24, 2.45) is 0 Å².